The Morgan fingerprint density at radius 2 is 1.66 bits per heavy atom. The van der Waals surface area contributed by atoms with Crippen molar-refractivity contribution in [1.82, 2.24) is 9.21 Å². The summed E-state index contributed by atoms with van der Waals surface area (Å²) in [5.74, 6) is 0.738. The summed E-state index contributed by atoms with van der Waals surface area (Å²) in [5, 5.41) is 0. The lowest BCUT2D eigenvalue weighted by molar-refractivity contribution is 0.0690. The normalized spacial score (nSPS) is 18.5. The minimum Gasteiger partial charge on any atom is -0.495 e. The Kier molecular flexibility index (Phi) is 7.16. The van der Waals surface area contributed by atoms with Crippen LogP contribution in [0.5, 0.6) is 5.75 Å². The fourth-order valence-corrected chi connectivity index (χ4v) is 6.42. The quantitative estimate of drug-likeness (QED) is 0.660. The van der Waals surface area contributed by atoms with Gasteiger partial charge in [0, 0.05) is 31.7 Å². The molecule has 2 aliphatic rings. The van der Waals surface area contributed by atoms with E-state index in [1.165, 1.54) is 23.0 Å². The standard InChI is InChI=1S/C25H32N2O4S/c1-31-23-11-10-22(19-24(23)32(29,30)27-14-6-3-7-15-27)25(28)26-16-12-21(13-17-26)18-20-8-4-2-5-9-20/h2,4-5,8-11,19,21H,3,6-7,12-18H2,1H3. The molecule has 7 heteroatoms. The zero-order valence-corrected chi connectivity index (χ0v) is 19.5. The molecule has 0 radical (unpaired) electrons. The molecule has 2 saturated heterocycles. The fourth-order valence-electron chi connectivity index (χ4n) is 4.73. The topological polar surface area (TPSA) is 66.9 Å². The zero-order valence-electron chi connectivity index (χ0n) is 18.7. The van der Waals surface area contributed by atoms with Gasteiger partial charge in [-0.3, -0.25) is 4.79 Å². The highest BCUT2D eigenvalue weighted by Crippen LogP contribution is 2.31. The first kappa shape index (κ1) is 22.8. The van der Waals surface area contributed by atoms with Crippen LogP contribution in [0.25, 0.3) is 0 Å². The molecule has 2 fully saturated rings. The minimum atomic E-state index is -3.70. The number of methoxy groups -OCH3 is 1. The molecule has 0 aliphatic carbocycles. The van der Waals surface area contributed by atoms with Gasteiger partial charge in [0.25, 0.3) is 5.91 Å². The van der Waals surface area contributed by atoms with Gasteiger partial charge in [-0.25, -0.2) is 8.42 Å². The molecule has 2 aromatic rings. The molecule has 0 atom stereocenters. The van der Waals surface area contributed by atoms with Gasteiger partial charge in [0.15, 0.2) is 0 Å². The molecular weight excluding hydrogens is 424 g/mol. The van der Waals surface area contributed by atoms with E-state index in [0.717, 1.165) is 38.5 Å². The van der Waals surface area contributed by atoms with Crippen molar-refractivity contribution in [2.45, 2.75) is 43.4 Å². The smallest absolute Gasteiger partial charge is 0.253 e. The molecule has 0 spiro atoms. The molecule has 2 aliphatic heterocycles. The van der Waals surface area contributed by atoms with E-state index in [0.29, 0.717) is 37.7 Å². The average Bonchev–Trinajstić information content (AvgIpc) is 2.85. The lowest BCUT2D eigenvalue weighted by Crippen LogP contribution is -2.39. The van der Waals surface area contributed by atoms with Gasteiger partial charge in [0.2, 0.25) is 10.0 Å². The Morgan fingerprint density at radius 3 is 2.31 bits per heavy atom. The van der Waals surface area contributed by atoms with E-state index in [-0.39, 0.29) is 16.6 Å². The van der Waals surface area contributed by atoms with Crippen molar-refractivity contribution < 1.29 is 17.9 Å². The Balaban J connectivity index is 1.47. The maximum atomic E-state index is 13.3. The van der Waals surface area contributed by atoms with Crippen LogP contribution in [0.1, 0.15) is 48.0 Å². The second kappa shape index (κ2) is 10.0. The van der Waals surface area contributed by atoms with Gasteiger partial charge in [-0.1, -0.05) is 36.8 Å². The largest absolute Gasteiger partial charge is 0.495 e. The van der Waals surface area contributed by atoms with E-state index in [9.17, 15) is 13.2 Å². The highest BCUT2D eigenvalue weighted by molar-refractivity contribution is 7.89. The molecular formula is C25H32N2O4S. The molecule has 172 valence electrons. The SMILES string of the molecule is COc1ccc(C(=O)N2CCC(Cc3ccccc3)CC2)cc1S(=O)(=O)N1CCCCC1. The van der Waals surface area contributed by atoms with Crippen LogP contribution in [-0.2, 0) is 16.4 Å². The van der Waals surface area contributed by atoms with Crippen molar-refractivity contribution in [3.63, 3.8) is 0 Å². The Labute approximate surface area is 191 Å². The summed E-state index contributed by atoms with van der Waals surface area (Å²) in [6, 6.07) is 15.2. The lowest BCUT2D eigenvalue weighted by Gasteiger charge is -2.32. The van der Waals surface area contributed by atoms with Crippen molar-refractivity contribution in [2.24, 2.45) is 5.92 Å². The van der Waals surface area contributed by atoms with Crippen molar-refractivity contribution in [2.75, 3.05) is 33.3 Å². The number of carbonyl (C=O) groups is 1. The number of piperidine rings is 2. The van der Waals surface area contributed by atoms with Crippen LogP contribution in [0.4, 0.5) is 0 Å². The highest BCUT2D eigenvalue weighted by atomic mass is 32.2. The second-order valence-corrected chi connectivity index (χ2v) is 10.7. The van der Waals surface area contributed by atoms with Crippen LogP contribution in [0.2, 0.25) is 0 Å². The van der Waals surface area contributed by atoms with Gasteiger partial charge < -0.3 is 9.64 Å². The predicted octanol–water partition coefficient (Wildman–Crippen LogP) is 3.96. The maximum absolute atomic E-state index is 13.3. The van der Waals surface area contributed by atoms with Crippen LogP contribution < -0.4 is 4.74 Å². The van der Waals surface area contributed by atoms with Crippen LogP contribution >= 0.6 is 0 Å². The summed E-state index contributed by atoms with van der Waals surface area (Å²) in [7, 11) is -2.24. The monoisotopic (exact) mass is 456 g/mol. The number of nitrogens with zero attached hydrogens (tertiary/aromatic N) is 2. The molecule has 32 heavy (non-hydrogen) atoms. The summed E-state index contributed by atoms with van der Waals surface area (Å²) in [6.07, 6.45) is 5.70. The van der Waals surface area contributed by atoms with Crippen molar-refractivity contribution in [1.29, 1.82) is 0 Å². The Hall–Kier alpha value is -2.38. The van der Waals surface area contributed by atoms with E-state index in [1.54, 1.807) is 12.1 Å². The number of hydrogen-bond donors (Lipinski definition) is 0. The summed E-state index contributed by atoms with van der Waals surface area (Å²) >= 11 is 0. The predicted molar refractivity (Wildman–Crippen MR) is 124 cm³/mol. The van der Waals surface area contributed by atoms with Gasteiger partial charge in [-0.05, 0) is 61.8 Å². The number of likely N-dealkylation sites (tertiary alicyclic amines) is 1. The molecule has 6 nitrogen and oxygen atoms in total. The Bertz CT molecular complexity index is 1030. The van der Waals surface area contributed by atoms with Gasteiger partial charge in [0.05, 0.1) is 7.11 Å². The van der Waals surface area contributed by atoms with Crippen LogP contribution in [0, 0.1) is 5.92 Å². The van der Waals surface area contributed by atoms with Gasteiger partial charge in [0.1, 0.15) is 10.6 Å². The summed E-state index contributed by atoms with van der Waals surface area (Å²) in [5.41, 5.74) is 1.74. The first-order valence-corrected chi connectivity index (χ1v) is 12.9. The van der Waals surface area contributed by atoms with Crippen molar-refractivity contribution >= 4 is 15.9 Å². The third-order valence-electron chi connectivity index (χ3n) is 6.61. The molecule has 0 bridgehead atoms. The van der Waals surface area contributed by atoms with Gasteiger partial charge >= 0.3 is 0 Å². The third-order valence-corrected chi connectivity index (χ3v) is 8.53. The minimum absolute atomic E-state index is 0.0895. The van der Waals surface area contributed by atoms with Crippen molar-refractivity contribution in [3.8, 4) is 5.75 Å². The van der Waals surface area contributed by atoms with Crippen LogP contribution in [-0.4, -0.2) is 56.8 Å². The van der Waals surface area contributed by atoms with E-state index in [1.807, 2.05) is 11.0 Å². The molecule has 0 unspecified atom stereocenters. The van der Waals surface area contributed by atoms with E-state index < -0.39 is 10.0 Å². The summed E-state index contributed by atoms with van der Waals surface area (Å²) in [6.45, 7) is 2.41. The van der Waals surface area contributed by atoms with Crippen molar-refractivity contribution in [3.05, 3.63) is 59.7 Å². The molecule has 4 rings (SSSR count). The zero-order chi connectivity index (χ0) is 22.6. The van der Waals surface area contributed by atoms with Gasteiger partial charge in [-0.15, -0.1) is 0 Å². The molecule has 0 N–H and O–H groups in total. The van der Waals surface area contributed by atoms with Crippen LogP contribution in [0.15, 0.2) is 53.4 Å². The number of amides is 1. The Morgan fingerprint density at radius 1 is 0.969 bits per heavy atom. The molecule has 2 heterocycles. The van der Waals surface area contributed by atoms with E-state index in [2.05, 4.69) is 24.3 Å². The number of rotatable bonds is 6. The summed E-state index contributed by atoms with van der Waals surface area (Å²) in [4.78, 5) is 15.1. The number of sulfonamides is 1. The fraction of sp³-hybridized carbons (Fsp3) is 0.480. The number of carbonyl (C=O) groups excluding carboxylic acids is 1. The number of ether oxygens (including phenoxy) is 1. The molecule has 0 aromatic heterocycles. The van der Waals surface area contributed by atoms with Gasteiger partial charge in [-0.2, -0.15) is 4.31 Å². The maximum Gasteiger partial charge on any atom is 0.253 e. The first-order chi connectivity index (χ1) is 15.5. The number of benzene rings is 2. The van der Waals surface area contributed by atoms with E-state index >= 15 is 0 Å². The summed E-state index contributed by atoms with van der Waals surface area (Å²) < 4.78 is 33.4. The van der Waals surface area contributed by atoms with Crippen LogP contribution in [0.3, 0.4) is 0 Å². The highest BCUT2D eigenvalue weighted by Gasteiger charge is 2.31. The average molecular weight is 457 g/mol. The lowest BCUT2D eigenvalue weighted by atomic mass is 9.90. The second-order valence-electron chi connectivity index (χ2n) is 8.76. The molecule has 0 saturated carbocycles. The van der Waals surface area contributed by atoms with E-state index in [4.69, 9.17) is 4.74 Å². The molecule has 1 amide bonds. The first-order valence-electron chi connectivity index (χ1n) is 11.5. The molecule has 2 aromatic carbocycles. The number of hydrogen-bond acceptors (Lipinski definition) is 4. The third kappa shape index (κ3) is 4.99.